The molecule has 0 aliphatic heterocycles. The molecule has 3 heterocycles. The van der Waals surface area contributed by atoms with Gasteiger partial charge in [-0.1, -0.05) is 12.1 Å². The molecule has 3 aromatic heterocycles. The summed E-state index contributed by atoms with van der Waals surface area (Å²) in [6.07, 6.45) is 6.55. The second-order valence-corrected chi connectivity index (χ2v) is 10.4. The number of rotatable bonds is 8. The summed E-state index contributed by atoms with van der Waals surface area (Å²) >= 11 is 0. The van der Waals surface area contributed by atoms with Crippen LogP contribution in [0.25, 0.3) is 22.6 Å². The third-order valence-electron chi connectivity index (χ3n) is 7.70. The van der Waals surface area contributed by atoms with Crippen LogP contribution in [-0.4, -0.2) is 41.1 Å². The second-order valence-electron chi connectivity index (χ2n) is 10.4. The fourth-order valence-electron chi connectivity index (χ4n) is 5.68. The lowest BCUT2D eigenvalue weighted by Gasteiger charge is -2.24. The average molecular weight is 485 g/mol. The minimum Gasteiger partial charge on any atom is -0.325 e. The quantitative estimate of drug-likeness (QED) is 0.336. The Labute approximate surface area is 210 Å². The van der Waals surface area contributed by atoms with Gasteiger partial charge < -0.3 is 5.32 Å². The molecule has 0 bridgehead atoms. The molecule has 186 valence electrons. The zero-order valence-electron chi connectivity index (χ0n) is 21.2. The minimum absolute atomic E-state index is 0.0216. The lowest BCUT2D eigenvalue weighted by molar-refractivity contribution is -0.119. The van der Waals surface area contributed by atoms with E-state index in [0.29, 0.717) is 23.5 Å². The van der Waals surface area contributed by atoms with E-state index in [1.54, 1.807) is 4.68 Å². The highest BCUT2D eigenvalue weighted by Gasteiger charge is 2.49. The Morgan fingerprint density at radius 1 is 1.03 bits per heavy atom. The maximum absolute atomic E-state index is 13.8. The van der Waals surface area contributed by atoms with E-state index >= 15 is 0 Å². The standard InChI is InChI=1S/C27H32N8O/c1-14-13-28-35(4)24(14)26-30-25(33-34-26)23(22(18-5-6-18)19-7-8-19)27(36)29-20-11-9-17(10-12-20)21-15(2)31-32-16(21)3/h9-13,18-19,22-23H,5-8H2,1-4H3,(H,29,36)(H,31,32)(H,30,33,34). The van der Waals surface area contributed by atoms with Gasteiger partial charge in [0, 0.05) is 24.0 Å². The van der Waals surface area contributed by atoms with Crippen molar-refractivity contribution in [1.29, 1.82) is 0 Å². The van der Waals surface area contributed by atoms with Gasteiger partial charge in [0.1, 0.15) is 17.4 Å². The van der Waals surface area contributed by atoms with Gasteiger partial charge in [0.05, 0.1) is 11.9 Å². The highest BCUT2D eigenvalue weighted by Crippen LogP contribution is 2.54. The number of anilines is 1. The largest absolute Gasteiger partial charge is 0.325 e. The Bertz CT molecular complexity index is 1350. The molecular weight excluding hydrogens is 452 g/mol. The normalized spacial score (nSPS) is 16.5. The number of benzene rings is 1. The Morgan fingerprint density at radius 3 is 2.28 bits per heavy atom. The number of hydrogen-bond donors (Lipinski definition) is 3. The minimum atomic E-state index is -0.363. The van der Waals surface area contributed by atoms with E-state index in [2.05, 4.69) is 30.8 Å². The molecular formula is C27H32N8O. The number of nitrogens with zero attached hydrogens (tertiary/aromatic N) is 5. The van der Waals surface area contributed by atoms with Crippen molar-refractivity contribution in [2.24, 2.45) is 24.8 Å². The van der Waals surface area contributed by atoms with Crippen LogP contribution >= 0.6 is 0 Å². The fourth-order valence-corrected chi connectivity index (χ4v) is 5.68. The topological polar surface area (TPSA) is 117 Å². The van der Waals surface area contributed by atoms with Crippen molar-refractivity contribution in [2.75, 3.05) is 5.32 Å². The zero-order chi connectivity index (χ0) is 25.0. The number of aromatic nitrogens is 7. The molecule has 1 amide bonds. The third-order valence-corrected chi connectivity index (χ3v) is 7.70. The first-order valence-corrected chi connectivity index (χ1v) is 12.7. The van der Waals surface area contributed by atoms with Gasteiger partial charge in [0.2, 0.25) is 5.91 Å². The van der Waals surface area contributed by atoms with E-state index in [-0.39, 0.29) is 17.7 Å². The predicted octanol–water partition coefficient (Wildman–Crippen LogP) is 4.68. The van der Waals surface area contributed by atoms with Crippen LogP contribution in [-0.2, 0) is 11.8 Å². The number of aryl methyl sites for hydroxylation is 4. The van der Waals surface area contributed by atoms with E-state index in [1.165, 1.54) is 25.7 Å². The summed E-state index contributed by atoms with van der Waals surface area (Å²) in [6.45, 7) is 6.01. The SMILES string of the molecule is Cc1cnn(C)c1-c1n[nH]c(C(C(=O)Nc2ccc(-c3c(C)n[nH]c3C)cc2)C(C2CC2)C2CC2)n1. The fraction of sp³-hybridized carbons (Fsp3) is 0.444. The monoisotopic (exact) mass is 484 g/mol. The molecule has 1 unspecified atom stereocenters. The highest BCUT2D eigenvalue weighted by atomic mass is 16.2. The van der Waals surface area contributed by atoms with Crippen LogP contribution in [0.3, 0.4) is 0 Å². The number of carbonyl (C=O) groups is 1. The van der Waals surface area contributed by atoms with Gasteiger partial charge >= 0.3 is 0 Å². The number of carbonyl (C=O) groups excluding carboxylic acids is 1. The van der Waals surface area contributed by atoms with Gasteiger partial charge in [-0.05, 0) is 87.5 Å². The molecule has 0 saturated heterocycles. The van der Waals surface area contributed by atoms with E-state index in [1.807, 2.05) is 58.3 Å². The number of nitrogens with one attached hydrogen (secondary N) is 3. The van der Waals surface area contributed by atoms with Crippen molar-refractivity contribution in [3.05, 3.63) is 53.2 Å². The zero-order valence-corrected chi connectivity index (χ0v) is 21.2. The van der Waals surface area contributed by atoms with E-state index in [0.717, 1.165) is 39.5 Å². The first-order chi connectivity index (χ1) is 17.4. The molecule has 0 spiro atoms. The summed E-state index contributed by atoms with van der Waals surface area (Å²) < 4.78 is 1.78. The summed E-state index contributed by atoms with van der Waals surface area (Å²) in [7, 11) is 1.88. The highest BCUT2D eigenvalue weighted by molar-refractivity contribution is 5.96. The van der Waals surface area contributed by atoms with Crippen LogP contribution in [0.15, 0.2) is 30.5 Å². The van der Waals surface area contributed by atoms with Crippen molar-refractivity contribution < 1.29 is 4.79 Å². The van der Waals surface area contributed by atoms with Crippen molar-refractivity contribution in [3.63, 3.8) is 0 Å². The second kappa shape index (κ2) is 8.72. The van der Waals surface area contributed by atoms with Crippen molar-refractivity contribution in [3.8, 4) is 22.6 Å². The summed E-state index contributed by atoms with van der Waals surface area (Å²) in [5, 5.41) is 22.5. The Hall–Kier alpha value is -3.75. The van der Waals surface area contributed by atoms with Gasteiger partial charge in [-0.3, -0.25) is 19.7 Å². The molecule has 9 nitrogen and oxygen atoms in total. The smallest absolute Gasteiger partial charge is 0.235 e. The van der Waals surface area contributed by atoms with E-state index in [4.69, 9.17) is 4.98 Å². The molecule has 2 fully saturated rings. The predicted molar refractivity (Wildman–Crippen MR) is 137 cm³/mol. The van der Waals surface area contributed by atoms with Gasteiger partial charge in [-0.15, -0.1) is 0 Å². The number of aromatic amines is 2. The van der Waals surface area contributed by atoms with Crippen molar-refractivity contribution in [1.82, 2.24) is 35.2 Å². The first kappa shape index (κ1) is 22.7. The van der Waals surface area contributed by atoms with Crippen molar-refractivity contribution in [2.45, 2.75) is 52.4 Å². The first-order valence-electron chi connectivity index (χ1n) is 12.7. The molecule has 2 aliphatic rings. The van der Waals surface area contributed by atoms with Crippen LogP contribution in [0.4, 0.5) is 5.69 Å². The Kier molecular flexibility index (Phi) is 5.50. The average Bonchev–Trinajstić information content (AvgIpc) is 3.77. The number of H-pyrrole nitrogens is 2. The summed E-state index contributed by atoms with van der Waals surface area (Å²) in [6, 6.07) is 7.99. The molecule has 4 aromatic rings. The third kappa shape index (κ3) is 4.12. The molecule has 6 rings (SSSR count). The summed E-state index contributed by atoms with van der Waals surface area (Å²) in [4.78, 5) is 18.7. The van der Waals surface area contributed by atoms with Crippen molar-refractivity contribution >= 4 is 11.6 Å². The summed E-state index contributed by atoms with van der Waals surface area (Å²) in [5.74, 6) is 2.29. The molecule has 36 heavy (non-hydrogen) atoms. The molecule has 1 aromatic carbocycles. The maximum Gasteiger partial charge on any atom is 0.235 e. The van der Waals surface area contributed by atoms with Crippen LogP contribution in [0.1, 0.15) is 54.4 Å². The number of amides is 1. The summed E-state index contributed by atoms with van der Waals surface area (Å²) in [5.41, 5.74) is 6.83. The van der Waals surface area contributed by atoms with Gasteiger partial charge in [-0.25, -0.2) is 4.98 Å². The number of hydrogen-bond acceptors (Lipinski definition) is 5. The maximum atomic E-state index is 13.8. The van der Waals surface area contributed by atoms with E-state index in [9.17, 15) is 4.79 Å². The lowest BCUT2D eigenvalue weighted by Crippen LogP contribution is -2.31. The van der Waals surface area contributed by atoms with E-state index < -0.39 is 0 Å². The molecule has 0 radical (unpaired) electrons. The van der Waals surface area contributed by atoms with Crippen LogP contribution < -0.4 is 5.32 Å². The van der Waals surface area contributed by atoms with Crippen LogP contribution in [0, 0.1) is 38.5 Å². The lowest BCUT2D eigenvalue weighted by atomic mass is 9.82. The molecule has 2 aliphatic carbocycles. The molecule has 1 atom stereocenters. The van der Waals surface area contributed by atoms with Crippen LogP contribution in [0.2, 0.25) is 0 Å². The van der Waals surface area contributed by atoms with Gasteiger partial charge in [0.25, 0.3) is 0 Å². The molecule has 2 saturated carbocycles. The molecule has 3 N–H and O–H groups in total. The van der Waals surface area contributed by atoms with Gasteiger partial charge in [-0.2, -0.15) is 15.3 Å². The van der Waals surface area contributed by atoms with Crippen LogP contribution in [0.5, 0.6) is 0 Å². The molecule has 9 heteroatoms. The van der Waals surface area contributed by atoms with Gasteiger partial charge in [0.15, 0.2) is 5.82 Å². The Morgan fingerprint density at radius 2 is 1.72 bits per heavy atom. The Balaban J connectivity index is 1.29.